The van der Waals surface area contributed by atoms with E-state index in [9.17, 15) is 0 Å². The fraction of sp³-hybridized carbons (Fsp3) is 0. The first-order valence-electron chi connectivity index (χ1n) is 9.19. The van der Waals surface area contributed by atoms with Gasteiger partial charge in [-0.2, -0.15) is 0 Å². The molecule has 5 heteroatoms. The largest absolute Gasteiger partial charge is 0.472 e. The van der Waals surface area contributed by atoms with Crippen LogP contribution in [0.4, 0.5) is 0 Å². The summed E-state index contributed by atoms with van der Waals surface area (Å²) in [4.78, 5) is 0. The van der Waals surface area contributed by atoms with Gasteiger partial charge in [0.25, 0.3) is 0 Å². The SMILES string of the molecule is c1ccc(POc2ccc(Oc3ccc(OPc4ccccc4)cc3)cc2)cc1. The van der Waals surface area contributed by atoms with E-state index in [2.05, 4.69) is 24.3 Å². The predicted molar refractivity (Wildman–Crippen MR) is 123 cm³/mol. The van der Waals surface area contributed by atoms with Gasteiger partial charge in [0.1, 0.15) is 40.6 Å². The van der Waals surface area contributed by atoms with Gasteiger partial charge in [-0.05, 0) is 48.5 Å². The highest BCUT2D eigenvalue weighted by Crippen LogP contribution is 2.29. The summed E-state index contributed by atoms with van der Waals surface area (Å²) in [5, 5.41) is 2.34. The molecule has 0 radical (unpaired) electrons. The topological polar surface area (TPSA) is 27.7 Å². The lowest BCUT2D eigenvalue weighted by Gasteiger charge is -2.09. The molecule has 4 aromatic carbocycles. The van der Waals surface area contributed by atoms with Gasteiger partial charge in [0.15, 0.2) is 0 Å². The second-order valence-corrected chi connectivity index (χ2v) is 8.16. The van der Waals surface area contributed by atoms with Crippen molar-refractivity contribution in [3.8, 4) is 23.0 Å². The molecule has 29 heavy (non-hydrogen) atoms. The van der Waals surface area contributed by atoms with Crippen LogP contribution in [0.25, 0.3) is 0 Å². The lowest BCUT2D eigenvalue weighted by Crippen LogP contribution is -1.95. The smallest absolute Gasteiger partial charge is 0.127 e. The molecule has 0 bridgehead atoms. The molecule has 0 N–H and O–H groups in total. The minimum absolute atomic E-state index is 0.286. The summed E-state index contributed by atoms with van der Waals surface area (Å²) in [6.45, 7) is 0. The second kappa shape index (κ2) is 10.1. The highest BCUT2D eigenvalue weighted by Gasteiger charge is 2.02. The lowest BCUT2D eigenvalue weighted by molar-refractivity contribution is 0.480. The van der Waals surface area contributed by atoms with Crippen LogP contribution in [-0.4, -0.2) is 0 Å². The molecular weight excluding hydrogens is 398 g/mol. The summed E-state index contributed by atoms with van der Waals surface area (Å²) in [7, 11) is 0.571. The molecule has 0 aromatic heterocycles. The first-order chi connectivity index (χ1) is 14.3. The van der Waals surface area contributed by atoms with Crippen LogP contribution < -0.4 is 24.4 Å². The van der Waals surface area contributed by atoms with Gasteiger partial charge in [-0.15, -0.1) is 0 Å². The van der Waals surface area contributed by atoms with Crippen molar-refractivity contribution in [1.82, 2.24) is 0 Å². The maximum absolute atomic E-state index is 5.91. The Morgan fingerprint density at radius 1 is 0.379 bits per heavy atom. The minimum Gasteiger partial charge on any atom is -0.472 e. The number of rotatable bonds is 8. The molecule has 0 amide bonds. The van der Waals surface area contributed by atoms with Crippen molar-refractivity contribution >= 4 is 28.2 Å². The van der Waals surface area contributed by atoms with Crippen LogP contribution in [0.2, 0.25) is 0 Å². The van der Waals surface area contributed by atoms with E-state index in [1.807, 2.05) is 84.9 Å². The van der Waals surface area contributed by atoms with Gasteiger partial charge in [-0.1, -0.05) is 60.7 Å². The zero-order chi connectivity index (χ0) is 19.7. The van der Waals surface area contributed by atoms with Gasteiger partial charge in [-0.3, -0.25) is 0 Å². The van der Waals surface area contributed by atoms with Crippen LogP contribution >= 0.6 is 17.6 Å². The number of ether oxygens (including phenoxy) is 1. The van der Waals surface area contributed by atoms with Crippen molar-refractivity contribution in [2.24, 2.45) is 0 Å². The van der Waals surface area contributed by atoms with Crippen molar-refractivity contribution < 1.29 is 13.8 Å². The summed E-state index contributed by atoms with van der Waals surface area (Å²) in [6, 6.07) is 35.6. The zero-order valence-electron chi connectivity index (χ0n) is 15.6. The Balaban J connectivity index is 1.28. The third-order valence-electron chi connectivity index (χ3n) is 4.00. The molecular formula is C24H20O3P2. The summed E-state index contributed by atoms with van der Waals surface area (Å²) in [5.41, 5.74) is 0. The van der Waals surface area contributed by atoms with Gasteiger partial charge in [0.05, 0.1) is 0 Å². The van der Waals surface area contributed by atoms with E-state index < -0.39 is 0 Å². The quantitative estimate of drug-likeness (QED) is 0.325. The van der Waals surface area contributed by atoms with Crippen LogP contribution in [0.3, 0.4) is 0 Å². The minimum atomic E-state index is 0.286. The van der Waals surface area contributed by atoms with E-state index in [1.54, 1.807) is 0 Å². The molecule has 4 rings (SSSR count). The van der Waals surface area contributed by atoms with E-state index in [-0.39, 0.29) is 17.6 Å². The molecule has 3 nitrogen and oxygen atoms in total. The average Bonchev–Trinajstić information content (AvgIpc) is 2.80. The van der Waals surface area contributed by atoms with Crippen LogP contribution in [0.15, 0.2) is 109 Å². The predicted octanol–water partition coefficient (Wildman–Crippen LogP) is 6.07. The van der Waals surface area contributed by atoms with Crippen LogP contribution in [0, 0.1) is 0 Å². The first kappa shape index (κ1) is 19.5. The average molecular weight is 418 g/mol. The lowest BCUT2D eigenvalue weighted by atomic mass is 10.3. The molecule has 0 aliphatic rings. The van der Waals surface area contributed by atoms with Crippen LogP contribution in [-0.2, 0) is 0 Å². The first-order valence-corrected chi connectivity index (χ1v) is 11.0. The standard InChI is InChI=1S/C24H20O3P2/c1-3-7-23(8-4-1)28-26-21-15-11-19(12-16-21)25-20-13-17-22(18-14-20)27-29-24-9-5-2-6-10-24/h1-18,28-29H. The Hall–Kier alpha value is -2.86. The normalized spacial score (nSPS) is 11.2. The van der Waals surface area contributed by atoms with Crippen molar-refractivity contribution in [2.75, 3.05) is 0 Å². The molecule has 0 saturated heterocycles. The van der Waals surface area contributed by atoms with Crippen LogP contribution in [0.1, 0.15) is 0 Å². The highest BCUT2D eigenvalue weighted by atomic mass is 31.1. The van der Waals surface area contributed by atoms with Gasteiger partial charge >= 0.3 is 0 Å². The molecule has 144 valence electrons. The molecule has 2 atom stereocenters. The molecule has 0 fully saturated rings. The van der Waals surface area contributed by atoms with Gasteiger partial charge in [0.2, 0.25) is 0 Å². The monoisotopic (exact) mass is 418 g/mol. The molecule has 0 aliphatic carbocycles. The Kier molecular flexibility index (Phi) is 6.76. The van der Waals surface area contributed by atoms with Gasteiger partial charge in [-0.25, -0.2) is 0 Å². The van der Waals surface area contributed by atoms with Crippen LogP contribution in [0.5, 0.6) is 23.0 Å². The Morgan fingerprint density at radius 3 is 1.10 bits per heavy atom. The molecule has 0 heterocycles. The fourth-order valence-electron chi connectivity index (χ4n) is 2.54. The number of hydrogen-bond acceptors (Lipinski definition) is 3. The van der Waals surface area contributed by atoms with E-state index in [0.717, 1.165) is 23.0 Å². The summed E-state index contributed by atoms with van der Waals surface area (Å²) in [5.74, 6) is 3.18. The molecule has 0 saturated carbocycles. The second-order valence-electron chi connectivity index (χ2n) is 6.19. The maximum Gasteiger partial charge on any atom is 0.127 e. The third-order valence-corrected chi connectivity index (χ3v) is 5.82. The maximum atomic E-state index is 5.91. The Bertz CT molecular complexity index is 920. The zero-order valence-corrected chi connectivity index (χ0v) is 17.6. The summed E-state index contributed by atoms with van der Waals surface area (Å²) < 4.78 is 17.6. The molecule has 0 spiro atoms. The van der Waals surface area contributed by atoms with Gasteiger partial charge in [0, 0.05) is 10.6 Å². The van der Waals surface area contributed by atoms with E-state index in [0.29, 0.717) is 0 Å². The highest BCUT2D eigenvalue weighted by molar-refractivity contribution is 7.42. The molecule has 2 unspecified atom stereocenters. The van der Waals surface area contributed by atoms with Gasteiger partial charge < -0.3 is 13.8 Å². The van der Waals surface area contributed by atoms with E-state index in [1.165, 1.54) is 10.6 Å². The molecule has 0 aliphatic heterocycles. The van der Waals surface area contributed by atoms with E-state index in [4.69, 9.17) is 13.8 Å². The third kappa shape index (κ3) is 6.06. The summed E-state index contributed by atoms with van der Waals surface area (Å²) in [6.07, 6.45) is 0. The van der Waals surface area contributed by atoms with Crippen molar-refractivity contribution in [3.63, 3.8) is 0 Å². The Morgan fingerprint density at radius 2 is 0.724 bits per heavy atom. The number of benzene rings is 4. The van der Waals surface area contributed by atoms with Crippen molar-refractivity contribution in [1.29, 1.82) is 0 Å². The number of hydrogen-bond donors (Lipinski definition) is 0. The molecule has 4 aromatic rings. The van der Waals surface area contributed by atoms with E-state index >= 15 is 0 Å². The fourth-order valence-corrected chi connectivity index (χ4v) is 3.94. The Labute approximate surface area is 174 Å². The van der Waals surface area contributed by atoms with Crippen molar-refractivity contribution in [3.05, 3.63) is 109 Å². The summed E-state index contributed by atoms with van der Waals surface area (Å²) >= 11 is 0. The van der Waals surface area contributed by atoms with Crippen molar-refractivity contribution in [2.45, 2.75) is 0 Å².